The van der Waals surface area contributed by atoms with E-state index in [1.165, 1.54) is 0 Å². The first-order chi connectivity index (χ1) is 6.58. The predicted octanol–water partition coefficient (Wildman–Crippen LogP) is 2.78. The Kier molecular flexibility index (Phi) is 3.96. The molecule has 0 aromatic heterocycles. The molecule has 14 heavy (non-hydrogen) atoms. The number of rotatable bonds is 4. The minimum absolute atomic E-state index is 0.163. The molecule has 0 aliphatic rings. The van der Waals surface area contributed by atoms with Crippen molar-refractivity contribution < 1.29 is 9.53 Å². The molecule has 0 radical (unpaired) electrons. The summed E-state index contributed by atoms with van der Waals surface area (Å²) in [5.41, 5.74) is 0.904. The smallest absolute Gasteiger partial charge is 0.226 e. The van der Waals surface area contributed by atoms with Crippen LogP contribution < -0.4 is 4.74 Å². The first-order valence-electron chi connectivity index (χ1n) is 4.52. The van der Waals surface area contributed by atoms with Gasteiger partial charge < -0.3 is 4.74 Å². The van der Waals surface area contributed by atoms with Crippen LogP contribution in [0.15, 0.2) is 24.3 Å². The van der Waals surface area contributed by atoms with Crippen LogP contribution in [0.5, 0.6) is 5.75 Å². The molecule has 0 aliphatic heterocycles. The zero-order chi connectivity index (χ0) is 10.6. The average Bonchev–Trinajstić information content (AvgIpc) is 2.06. The largest absolute Gasteiger partial charge is 0.491 e. The van der Waals surface area contributed by atoms with Gasteiger partial charge in [0.1, 0.15) is 5.75 Å². The van der Waals surface area contributed by atoms with E-state index in [-0.39, 0.29) is 17.8 Å². The van der Waals surface area contributed by atoms with E-state index in [9.17, 15) is 4.79 Å². The maximum atomic E-state index is 10.6. The van der Waals surface area contributed by atoms with Crippen LogP contribution in [0, 0.1) is 0 Å². The van der Waals surface area contributed by atoms with Crippen LogP contribution in [-0.4, -0.2) is 11.3 Å². The molecule has 76 valence electrons. The van der Waals surface area contributed by atoms with Gasteiger partial charge in [-0.2, -0.15) is 0 Å². The highest BCUT2D eigenvalue weighted by atomic mass is 35.5. The van der Waals surface area contributed by atoms with Gasteiger partial charge in [0.05, 0.1) is 6.10 Å². The summed E-state index contributed by atoms with van der Waals surface area (Å²) in [4.78, 5) is 10.6. The van der Waals surface area contributed by atoms with Crippen molar-refractivity contribution in [2.45, 2.75) is 26.4 Å². The summed E-state index contributed by atoms with van der Waals surface area (Å²) in [5.74, 6) is 0.811. The SMILES string of the molecule is CC(C)Oc1ccc(CC(=O)Cl)cc1. The van der Waals surface area contributed by atoms with E-state index in [4.69, 9.17) is 16.3 Å². The first-order valence-corrected chi connectivity index (χ1v) is 4.89. The molecule has 0 saturated heterocycles. The van der Waals surface area contributed by atoms with Crippen molar-refractivity contribution in [3.63, 3.8) is 0 Å². The van der Waals surface area contributed by atoms with Gasteiger partial charge in [-0.15, -0.1) is 0 Å². The van der Waals surface area contributed by atoms with Crippen molar-refractivity contribution in [1.82, 2.24) is 0 Å². The van der Waals surface area contributed by atoms with E-state index in [0.717, 1.165) is 11.3 Å². The standard InChI is InChI=1S/C11H13ClO2/c1-8(2)14-10-5-3-9(4-6-10)7-11(12)13/h3-6,8H,7H2,1-2H3. The van der Waals surface area contributed by atoms with Crippen LogP contribution in [-0.2, 0) is 11.2 Å². The van der Waals surface area contributed by atoms with Crippen LogP contribution in [0.3, 0.4) is 0 Å². The Morgan fingerprint density at radius 1 is 1.36 bits per heavy atom. The maximum Gasteiger partial charge on any atom is 0.226 e. The normalized spacial score (nSPS) is 10.3. The Bertz CT molecular complexity index is 304. The molecule has 1 rings (SSSR count). The monoisotopic (exact) mass is 212 g/mol. The number of halogens is 1. The third-order valence-corrected chi connectivity index (χ3v) is 1.77. The highest BCUT2D eigenvalue weighted by molar-refractivity contribution is 6.63. The van der Waals surface area contributed by atoms with Gasteiger partial charge in [0, 0.05) is 6.42 Å². The number of carbonyl (C=O) groups excluding carboxylic acids is 1. The molecular formula is C11H13ClO2. The lowest BCUT2D eigenvalue weighted by atomic mass is 10.1. The second-order valence-corrected chi connectivity index (χ2v) is 3.76. The molecule has 0 unspecified atom stereocenters. The Hall–Kier alpha value is -1.02. The van der Waals surface area contributed by atoms with Gasteiger partial charge in [-0.3, -0.25) is 4.79 Å². The highest BCUT2D eigenvalue weighted by Crippen LogP contribution is 2.14. The lowest BCUT2D eigenvalue weighted by molar-refractivity contribution is -0.111. The second kappa shape index (κ2) is 5.01. The summed E-state index contributed by atoms with van der Waals surface area (Å²) >= 11 is 5.27. The predicted molar refractivity (Wildman–Crippen MR) is 56.8 cm³/mol. The van der Waals surface area contributed by atoms with Crippen molar-refractivity contribution in [2.75, 3.05) is 0 Å². The molecule has 0 atom stereocenters. The fourth-order valence-corrected chi connectivity index (χ4v) is 1.27. The van der Waals surface area contributed by atoms with Crippen LogP contribution >= 0.6 is 11.6 Å². The molecule has 1 aromatic rings. The quantitative estimate of drug-likeness (QED) is 0.718. The average molecular weight is 213 g/mol. The fourth-order valence-electron chi connectivity index (χ4n) is 1.12. The number of hydrogen-bond acceptors (Lipinski definition) is 2. The van der Waals surface area contributed by atoms with Crippen LogP contribution in [0.1, 0.15) is 19.4 Å². The van der Waals surface area contributed by atoms with Crippen molar-refractivity contribution in [3.05, 3.63) is 29.8 Å². The number of ether oxygens (including phenoxy) is 1. The third-order valence-electron chi connectivity index (χ3n) is 1.64. The van der Waals surface area contributed by atoms with Crippen LogP contribution in [0.25, 0.3) is 0 Å². The molecule has 0 fully saturated rings. The summed E-state index contributed by atoms with van der Waals surface area (Å²) < 4.78 is 5.46. The zero-order valence-corrected chi connectivity index (χ0v) is 9.04. The van der Waals surface area contributed by atoms with E-state index >= 15 is 0 Å². The fraction of sp³-hybridized carbons (Fsp3) is 0.364. The van der Waals surface area contributed by atoms with E-state index < -0.39 is 0 Å². The Balaban J connectivity index is 2.63. The molecule has 0 saturated carbocycles. The van der Waals surface area contributed by atoms with Crippen LogP contribution in [0.4, 0.5) is 0 Å². The Morgan fingerprint density at radius 2 is 1.93 bits per heavy atom. The lowest BCUT2D eigenvalue weighted by Crippen LogP contribution is -2.05. The molecular weight excluding hydrogens is 200 g/mol. The van der Waals surface area contributed by atoms with Gasteiger partial charge in [-0.25, -0.2) is 0 Å². The molecule has 0 bridgehead atoms. The number of benzene rings is 1. The summed E-state index contributed by atoms with van der Waals surface area (Å²) in [6.45, 7) is 3.94. The highest BCUT2D eigenvalue weighted by Gasteiger charge is 2.01. The lowest BCUT2D eigenvalue weighted by Gasteiger charge is -2.09. The molecule has 0 aliphatic carbocycles. The molecule has 0 spiro atoms. The van der Waals surface area contributed by atoms with Gasteiger partial charge in [-0.1, -0.05) is 12.1 Å². The van der Waals surface area contributed by atoms with Gasteiger partial charge >= 0.3 is 0 Å². The molecule has 2 nitrogen and oxygen atoms in total. The van der Waals surface area contributed by atoms with Crippen molar-refractivity contribution in [2.24, 2.45) is 0 Å². The number of carbonyl (C=O) groups is 1. The van der Waals surface area contributed by atoms with E-state index in [1.54, 1.807) is 0 Å². The van der Waals surface area contributed by atoms with Crippen molar-refractivity contribution >= 4 is 16.8 Å². The van der Waals surface area contributed by atoms with Crippen LogP contribution in [0.2, 0.25) is 0 Å². The Labute approximate surface area is 88.8 Å². The summed E-state index contributed by atoms with van der Waals surface area (Å²) in [6.07, 6.45) is 0.430. The number of hydrogen-bond donors (Lipinski definition) is 0. The van der Waals surface area contributed by atoms with E-state index in [0.29, 0.717) is 0 Å². The minimum atomic E-state index is -0.345. The molecule has 0 amide bonds. The Morgan fingerprint density at radius 3 is 2.36 bits per heavy atom. The molecule has 1 aromatic carbocycles. The topological polar surface area (TPSA) is 26.3 Å². The van der Waals surface area contributed by atoms with Gasteiger partial charge in [0.25, 0.3) is 0 Å². The first kappa shape index (κ1) is 11.1. The zero-order valence-electron chi connectivity index (χ0n) is 8.29. The summed E-state index contributed by atoms with van der Waals surface area (Å²) in [5, 5.41) is -0.345. The minimum Gasteiger partial charge on any atom is -0.491 e. The van der Waals surface area contributed by atoms with E-state index in [2.05, 4.69) is 0 Å². The summed E-state index contributed by atoms with van der Waals surface area (Å²) in [6, 6.07) is 7.38. The van der Waals surface area contributed by atoms with E-state index in [1.807, 2.05) is 38.1 Å². The van der Waals surface area contributed by atoms with Crippen molar-refractivity contribution in [3.8, 4) is 5.75 Å². The summed E-state index contributed by atoms with van der Waals surface area (Å²) in [7, 11) is 0. The van der Waals surface area contributed by atoms with Crippen molar-refractivity contribution in [1.29, 1.82) is 0 Å². The van der Waals surface area contributed by atoms with Gasteiger partial charge in [0.15, 0.2) is 0 Å². The van der Waals surface area contributed by atoms with Gasteiger partial charge in [0.2, 0.25) is 5.24 Å². The second-order valence-electron chi connectivity index (χ2n) is 3.34. The molecule has 3 heteroatoms. The third kappa shape index (κ3) is 3.79. The van der Waals surface area contributed by atoms with Gasteiger partial charge in [-0.05, 0) is 43.1 Å². The maximum absolute atomic E-state index is 10.6. The molecule has 0 heterocycles. The molecule has 0 N–H and O–H groups in total.